The van der Waals surface area contributed by atoms with E-state index in [0.29, 0.717) is 6.42 Å². The molecule has 0 spiro atoms. The van der Waals surface area contributed by atoms with Crippen LogP contribution in [-0.2, 0) is 0 Å². The lowest BCUT2D eigenvalue weighted by Crippen LogP contribution is -2.25. The standard InChI is InChI=1S/C10H21F.C2H6/c1-6-10(5,7-2)8-9(3,4)11;1-2/h6-8H2,1-5H3;1-2H3. The van der Waals surface area contributed by atoms with Gasteiger partial charge >= 0.3 is 0 Å². The third-order valence-electron chi connectivity index (χ3n) is 2.55. The van der Waals surface area contributed by atoms with Gasteiger partial charge in [0.05, 0.1) is 0 Å². The first-order chi connectivity index (χ1) is 5.83. The van der Waals surface area contributed by atoms with Gasteiger partial charge in [-0.15, -0.1) is 0 Å². The van der Waals surface area contributed by atoms with Crippen molar-refractivity contribution in [2.75, 3.05) is 0 Å². The Labute approximate surface area is 83.9 Å². The Bertz CT molecular complexity index is 107. The second-order valence-corrected chi connectivity index (χ2v) is 4.41. The zero-order valence-corrected chi connectivity index (χ0v) is 10.5. The average molecular weight is 190 g/mol. The van der Waals surface area contributed by atoms with Crippen molar-refractivity contribution in [1.29, 1.82) is 0 Å². The molecular weight excluding hydrogens is 163 g/mol. The van der Waals surface area contributed by atoms with Crippen LogP contribution in [-0.4, -0.2) is 5.67 Å². The van der Waals surface area contributed by atoms with Gasteiger partial charge in [-0.25, -0.2) is 4.39 Å². The molecule has 0 atom stereocenters. The van der Waals surface area contributed by atoms with Crippen LogP contribution in [0.5, 0.6) is 0 Å². The topological polar surface area (TPSA) is 0 Å². The minimum atomic E-state index is -1.01. The van der Waals surface area contributed by atoms with Crippen molar-refractivity contribution in [3.8, 4) is 0 Å². The van der Waals surface area contributed by atoms with Crippen LogP contribution in [0, 0.1) is 5.41 Å². The van der Waals surface area contributed by atoms with Gasteiger partial charge in [-0.3, -0.25) is 0 Å². The highest BCUT2D eigenvalue weighted by molar-refractivity contribution is 4.80. The summed E-state index contributed by atoms with van der Waals surface area (Å²) in [6.45, 7) is 13.8. The first kappa shape index (κ1) is 15.4. The molecule has 0 saturated carbocycles. The molecule has 0 aliphatic rings. The van der Waals surface area contributed by atoms with Gasteiger partial charge in [0.25, 0.3) is 0 Å². The molecule has 1 heteroatoms. The predicted molar refractivity (Wildman–Crippen MR) is 59.8 cm³/mol. The number of hydrogen-bond donors (Lipinski definition) is 0. The van der Waals surface area contributed by atoms with Crippen molar-refractivity contribution in [2.45, 2.75) is 73.4 Å². The molecule has 13 heavy (non-hydrogen) atoms. The predicted octanol–water partition coefficient (Wildman–Crippen LogP) is 4.98. The number of halogens is 1. The molecule has 0 aliphatic carbocycles. The van der Waals surface area contributed by atoms with E-state index in [4.69, 9.17) is 0 Å². The Morgan fingerprint density at radius 3 is 1.31 bits per heavy atom. The third-order valence-corrected chi connectivity index (χ3v) is 2.55. The number of hydrogen-bond acceptors (Lipinski definition) is 0. The lowest BCUT2D eigenvalue weighted by Gasteiger charge is -2.31. The zero-order chi connectivity index (χ0) is 11.1. The zero-order valence-electron chi connectivity index (χ0n) is 10.5. The molecular formula is C12H27F. The highest BCUT2D eigenvalue weighted by Gasteiger charge is 2.29. The van der Waals surface area contributed by atoms with Gasteiger partial charge < -0.3 is 0 Å². The van der Waals surface area contributed by atoms with Gasteiger partial charge in [0.1, 0.15) is 5.67 Å². The van der Waals surface area contributed by atoms with E-state index in [2.05, 4.69) is 20.8 Å². The van der Waals surface area contributed by atoms with Gasteiger partial charge in [-0.2, -0.15) is 0 Å². The highest BCUT2D eigenvalue weighted by Crippen LogP contribution is 2.36. The van der Waals surface area contributed by atoms with E-state index in [9.17, 15) is 4.39 Å². The van der Waals surface area contributed by atoms with E-state index >= 15 is 0 Å². The van der Waals surface area contributed by atoms with Crippen molar-refractivity contribution in [2.24, 2.45) is 5.41 Å². The summed E-state index contributed by atoms with van der Waals surface area (Å²) in [6, 6.07) is 0. The Kier molecular flexibility index (Phi) is 7.58. The molecule has 82 valence electrons. The van der Waals surface area contributed by atoms with Crippen molar-refractivity contribution in [3.05, 3.63) is 0 Å². The summed E-state index contributed by atoms with van der Waals surface area (Å²) < 4.78 is 13.3. The van der Waals surface area contributed by atoms with Gasteiger partial charge in [0.15, 0.2) is 0 Å². The normalized spacial score (nSPS) is 12.0. The summed E-state index contributed by atoms with van der Waals surface area (Å²) in [5.41, 5.74) is -0.820. The van der Waals surface area contributed by atoms with E-state index < -0.39 is 5.67 Å². The van der Waals surface area contributed by atoms with Gasteiger partial charge in [-0.1, -0.05) is 47.5 Å². The quantitative estimate of drug-likeness (QED) is 0.586. The van der Waals surface area contributed by atoms with E-state index in [0.717, 1.165) is 12.8 Å². The summed E-state index contributed by atoms with van der Waals surface area (Å²) in [6.07, 6.45) is 2.81. The molecule has 0 aliphatic heterocycles. The molecule has 0 amide bonds. The Balaban J connectivity index is 0. The molecule has 0 radical (unpaired) electrons. The molecule has 0 saturated heterocycles. The molecule has 0 aromatic heterocycles. The summed E-state index contributed by atoms with van der Waals surface area (Å²) >= 11 is 0. The number of rotatable bonds is 4. The lowest BCUT2D eigenvalue weighted by atomic mass is 9.77. The minimum absolute atomic E-state index is 0.193. The van der Waals surface area contributed by atoms with E-state index in [1.54, 1.807) is 13.8 Å². The van der Waals surface area contributed by atoms with Crippen LogP contribution < -0.4 is 0 Å². The van der Waals surface area contributed by atoms with Crippen LogP contribution in [0.15, 0.2) is 0 Å². The molecule has 0 aromatic carbocycles. The SMILES string of the molecule is CC.CCC(C)(CC)CC(C)(C)F. The average Bonchev–Trinajstić information content (AvgIpc) is 2.05. The molecule has 0 unspecified atom stereocenters. The maximum absolute atomic E-state index is 13.3. The maximum Gasteiger partial charge on any atom is 0.106 e. The van der Waals surface area contributed by atoms with Crippen LogP contribution in [0.3, 0.4) is 0 Å². The molecule has 0 N–H and O–H groups in total. The minimum Gasteiger partial charge on any atom is -0.244 e. The van der Waals surface area contributed by atoms with Crippen molar-refractivity contribution in [3.63, 3.8) is 0 Å². The summed E-state index contributed by atoms with van der Waals surface area (Å²) in [7, 11) is 0. The fraction of sp³-hybridized carbons (Fsp3) is 1.00. The van der Waals surface area contributed by atoms with Crippen LogP contribution in [0.4, 0.5) is 4.39 Å². The van der Waals surface area contributed by atoms with Crippen molar-refractivity contribution < 1.29 is 4.39 Å². The van der Waals surface area contributed by atoms with Gasteiger partial charge in [-0.05, 0) is 25.7 Å². The number of alkyl halides is 1. The second-order valence-electron chi connectivity index (χ2n) is 4.41. The fourth-order valence-corrected chi connectivity index (χ4v) is 1.51. The Morgan fingerprint density at radius 2 is 1.23 bits per heavy atom. The summed E-state index contributed by atoms with van der Waals surface area (Å²) in [4.78, 5) is 0. The van der Waals surface area contributed by atoms with Crippen LogP contribution in [0.25, 0.3) is 0 Å². The summed E-state index contributed by atoms with van der Waals surface area (Å²) in [5, 5.41) is 0. The van der Waals surface area contributed by atoms with E-state index in [1.807, 2.05) is 13.8 Å². The van der Waals surface area contributed by atoms with E-state index in [1.165, 1.54) is 0 Å². The first-order valence-corrected chi connectivity index (χ1v) is 5.52. The first-order valence-electron chi connectivity index (χ1n) is 5.52. The van der Waals surface area contributed by atoms with Gasteiger partial charge in [0, 0.05) is 0 Å². The van der Waals surface area contributed by atoms with E-state index in [-0.39, 0.29) is 5.41 Å². The smallest absolute Gasteiger partial charge is 0.106 e. The lowest BCUT2D eigenvalue weighted by molar-refractivity contribution is 0.111. The van der Waals surface area contributed by atoms with Crippen LogP contribution in [0.2, 0.25) is 0 Å². The largest absolute Gasteiger partial charge is 0.244 e. The Hall–Kier alpha value is -0.0700. The third kappa shape index (κ3) is 8.27. The second kappa shape index (κ2) is 6.39. The molecule has 0 heterocycles. The maximum atomic E-state index is 13.3. The van der Waals surface area contributed by atoms with Crippen LogP contribution in [0.1, 0.15) is 67.7 Å². The molecule has 0 fully saturated rings. The summed E-state index contributed by atoms with van der Waals surface area (Å²) in [5.74, 6) is 0. The van der Waals surface area contributed by atoms with Crippen molar-refractivity contribution in [1.82, 2.24) is 0 Å². The fourth-order valence-electron chi connectivity index (χ4n) is 1.51. The van der Waals surface area contributed by atoms with Crippen LogP contribution >= 0.6 is 0 Å². The molecule has 0 nitrogen and oxygen atoms in total. The Morgan fingerprint density at radius 1 is 0.923 bits per heavy atom. The van der Waals surface area contributed by atoms with Crippen molar-refractivity contribution >= 4 is 0 Å². The van der Waals surface area contributed by atoms with Gasteiger partial charge in [0.2, 0.25) is 0 Å². The monoisotopic (exact) mass is 190 g/mol. The molecule has 0 bridgehead atoms. The molecule has 0 aromatic rings. The molecule has 0 rings (SSSR count). The highest BCUT2D eigenvalue weighted by atomic mass is 19.1.